The van der Waals surface area contributed by atoms with Crippen molar-refractivity contribution in [3.05, 3.63) is 0 Å². The molecule has 0 N–H and O–H groups in total. The molecule has 0 fully saturated rings. The van der Waals surface area contributed by atoms with E-state index in [4.69, 9.17) is 0 Å². The van der Waals surface area contributed by atoms with E-state index in [1.54, 1.807) is 0 Å². The van der Waals surface area contributed by atoms with Gasteiger partial charge in [0.05, 0.1) is 0 Å². The quantitative estimate of drug-likeness (QED) is 0.593. The van der Waals surface area contributed by atoms with Gasteiger partial charge in [-0.2, -0.15) is 0 Å². The molecule has 0 heterocycles. The molecule has 0 unspecified atom stereocenters. The van der Waals surface area contributed by atoms with Crippen molar-refractivity contribution < 1.29 is 0 Å². The number of hydrogen-bond donors (Lipinski definition) is 0. The summed E-state index contributed by atoms with van der Waals surface area (Å²) in [4.78, 5) is 2.29. The van der Waals surface area contributed by atoms with Crippen molar-refractivity contribution in [1.82, 2.24) is 4.90 Å². The summed E-state index contributed by atoms with van der Waals surface area (Å²) in [5, 5.41) is 0. The van der Waals surface area contributed by atoms with E-state index in [0.29, 0.717) is 0 Å². The number of hydrogen-bond acceptors (Lipinski definition) is 1. The fraction of sp³-hybridized carbons (Fsp3) is 1.00. The minimum Gasteiger partial charge on any atom is -0.307 e. The highest BCUT2D eigenvalue weighted by molar-refractivity contribution is 4.59. The van der Waals surface area contributed by atoms with Crippen LogP contribution in [0, 0.1) is 5.92 Å². The van der Waals surface area contributed by atoms with Gasteiger partial charge in [-0.1, -0.05) is 26.7 Å². The van der Waals surface area contributed by atoms with Crippen molar-refractivity contribution in [2.24, 2.45) is 5.92 Å². The van der Waals surface area contributed by atoms with Crippen LogP contribution >= 0.6 is 0 Å². The Morgan fingerprint density at radius 1 is 1.00 bits per heavy atom. The fourth-order valence-corrected chi connectivity index (χ4v) is 1.08. The van der Waals surface area contributed by atoms with E-state index in [1.807, 2.05) is 0 Å². The van der Waals surface area contributed by atoms with E-state index in [9.17, 15) is 0 Å². The van der Waals surface area contributed by atoms with Crippen molar-refractivity contribution in [3.63, 3.8) is 0 Å². The maximum absolute atomic E-state index is 2.29. The van der Waals surface area contributed by atoms with Gasteiger partial charge in [-0.15, -0.1) is 0 Å². The summed E-state index contributed by atoms with van der Waals surface area (Å²) in [6, 6.07) is 0.744. The van der Waals surface area contributed by atoms with Crippen molar-refractivity contribution in [2.45, 2.75) is 46.1 Å². The van der Waals surface area contributed by atoms with Crippen molar-refractivity contribution in [3.8, 4) is 0 Å². The van der Waals surface area contributed by atoms with Crippen molar-refractivity contribution in [2.75, 3.05) is 14.1 Å². The van der Waals surface area contributed by atoms with Crippen LogP contribution in [0.1, 0.15) is 40.0 Å². The third-order valence-electron chi connectivity index (χ3n) is 2.28. The largest absolute Gasteiger partial charge is 0.307 e. The second-order valence-corrected chi connectivity index (χ2v) is 4.14. The van der Waals surface area contributed by atoms with Crippen LogP contribution in [0.2, 0.25) is 0 Å². The van der Waals surface area contributed by atoms with E-state index < -0.39 is 0 Å². The smallest absolute Gasteiger partial charge is 0.00608 e. The molecular formula is C10H23N. The van der Waals surface area contributed by atoms with Crippen molar-refractivity contribution >= 4 is 0 Å². The van der Waals surface area contributed by atoms with Crippen LogP contribution in [0.4, 0.5) is 0 Å². The zero-order valence-corrected chi connectivity index (χ0v) is 8.72. The van der Waals surface area contributed by atoms with Gasteiger partial charge in [-0.05, 0) is 33.4 Å². The molecule has 0 amide bonds. The van der Waals surface area contributed by atoms with Crippen LogP contribution in [-0.2, 0) is 0 Å². The maximum Gasteiger partial charge on any atom is 0.00608 e. The van der Waals surface area contributed by atoms with Crippen LogP contribution < -0.4 is 0 Å². The average molecular weight is 157 g/mol. The zero-order chi connectivity index (χ0) is 8.85. The molecule has 68 valence electrons. The van der Waals surface area contributed by atoms with E-state index >= 15 is 0 Å². The van der Waals surface area contributed by atoms with Gasteiger partial charge >= 0.3 is 0 Å². The van der Waals surface area contributed by atoms with Gasteiger partial charge in [-0.25, -0.2) is 0 Å². The molecule has 0 saturated carbocycles. The average Bonchev–Trinajstić information content (AvgIpc) is 1.86. The van der Waals surface area contributed by atoms with E-state index in [2.05, 4.69) is 39.8 Å². The molecule has 0 aliphatic heterocycles. The number of nitrogens with zero attached hydrogens (tertiary/aromatic N) is 1. The van der Waals surface area contributed by atoms with Crippen LogP contribution in [0.25, 0.3) is 0 Å². The Labute approximate surface area is 71.8 Å². The first-order chi connectivity index (χ1) is 5.04. The maximum atomic E-state index is 2.29. The summed E-state index contributed by atoms with van der Waals surface area (Å²) in [6.07, 6.45) is 4.08. The Balaban J connectivity index is 3.24. The molecule has 11 heavy (non-hydrogen) atoms. The minimum absolute atomic E-state index is 0.744. The van der Waals surface area contributed by atoms with Gasteiger partial charge in [0.1, 0.15) is 0 Å². The molecule has 1 heteroatoms. The van der Waals surface area contributed by atoms with Gasteiger partial charge in [-0.3, -0.25) is 0 Å². The first-order valence-corrected chi connectivity index (χ1v) is 4.70. The van der Waals surface area contributed by atoms with E-state index in [1.165, 1.54) is 19.3 Å². The molecule has 1 nitrogen and oxygen atoms in total. The standard InChI is InChI=1S/C10H23N/c1-9(2)7-6-8-10(3)11(4)5/h9-10H,6-8H2,1-5H3/t10-/m0/s1. The Morgan fingerprint density at radius 2 is 1.55 bits per heavy atom. The summed E-state index contributed by atoms with van der Waals surface area (Å²) >= 11 is 0. The molecule has 0 aromatic carbocycles. The Bertz CT molecular complexity index is 86.9. The topological polar surface area (TPSA) is 3.24 Å². The molecule has 0 saturated heterocycles. The molecule has 0 rings (SSSR count). The summed E-state index contributed by atoms with van der Waals surface area (Å²) in [5.41, 5.74) is 0. The zero-order valence-electron chi connectivity index (χ0n) is 8.72. The van der Waals surface area contributed by atoms with Crippen LogP contribution in [0.5, 0.6) is 0 Å². The normalized spacial score (nSPS) is 14.5. The predicted octanol–water partition coefficient (Wildman–Crippen LogP) is 2.76. The van der Waals surface area contributed by atoms with Crippen LogP contribution in [-0.4, -0.2) is 25.0 Å². The molecule has 0 aromatic rings. The molecular weight excluding hydrogens is 134 g/mol. The molecule has 0 bridgehead atoms. The van der Waals surface area contributed by atoms with Crippen LogP contribution in [0.15, 0.2) is 0 Å². The Morgan fingerprint density at radius 3 is 1.91 bits per heavy atom. The van der Waals surface area contributed by atoms with Gasteiger partial charge in [0.2, 0.25) is 0 Å². The number of rotatable bonds is 5. The lowest BCUT2D eigenvalue weighted by Crippen LogP contribution is -2.24. The lowest BCUT2D eigenvalue weighted by molar-refractivity contribution is 0.288. The summed E-state index contributed by atoms with van der Waals surface area (Å²) in [6.45, 7) is 6.88. The summed E-state index contributed by atoms with van der Waals surface area (Å²) in [5.74, 6) is 0.865. The summed E-state index contributed by atoms with van der Waals surface area (Å²) in [7, 11) is 4.31. The van der Waals surface area contributed by atoms with Gasteiger partial charge < -0.3 is 4.90 Å². The Kier molecular flexibility index (Phi) is 5.57. The molecule has 1 atom stereocenters. The van der Waals surface area contributed by atoms with E-state index in [0.717, 1.165) is 12.0 Å². The lowest BCUT2D eigenvalue weighted by atomic mass is 10.0. The first-order valence-electron chi connectivity index (χ1n) is 4.70. The molecule has 0 aromatic heterocycles. The monoisotopic (exact) mass is 157 g/mol. The minimum atomic E-state index is 0.744. The third-order valence-corrected chi connectivity index (χ3v) is 2.28. The molecule has 0 aliphatic rings. The van der Waals surface area contributed by atoms with Gasteiger partial charge in [0.25, 0.3) is 0 Å². The van der Waals surface area contributed by atoms with E-state index in [-0.39, 0.29) is 0 Å². The highest BCUT2D eigenvalue weighted by Gasteiger charge is 2.03. The highest BCUT2D eigenvalue weighted by atomic mass is 15.1. The third kappa shape index (κ3) is 6.36. The Hall–Kier alpha value is -0.0400. The SMILES string of the molecule is CC(C)CCC[C@H](C)N(C)C. The lowest BCUT2D eigenvalue weighted by Gasteiger charge is -2.19. The highest BCUT2D eigenvalue weighted by Crippen LogP contribution is 2.09. The summed E-state index contributed by atoms with van der Waals surface area (Å²) < 4.78 is 0. The van der Waals surface area contributed by atoms with Gasteiger partial charge in [0, 0.05) is 6.04 Å². The predicted molar refractivity (Wildman–Crippen MR) is 51.8 cm³/mol. The molecule has 0 spiro atoms. The fourth-order valence-electron chi connectivity index (χ4n) is 1.08. The second kappa shape index (κ2) is 5.59. The molecule has 0 radical (unpaired) electrons. The first kappa shape index (κ1) is 11.0. The van der Waals surface area contributed by atoms with Crippen molar-refractivity contribution in [1.29, 1.82) is 0 Å². The second-order valence-electron chi connectivity index (χ2n) is 4.14. The van der Waals surface area contributed by atoms with Gasteiger partial charge in [0.15, 0.2) is 0 Å². The van der Waals surface area contributed by atoms with Crippen LogP contribution in [0.3, 0.4) is 0 Å². The molecule has 0 aliphatic carbocycles.